The molecule has 0 spiro atoms. The van der Waals surface area contributed by atoms with Gasteiger partial charge in [0.2, 0.25) is 5.95 Å². The second kappa shape index (κ2) is 4.75. The number of halogens is 2. The number of nitrogens with zero attached hydrogens (tertiary/aromatic N) is 2. The lowest BCUT2D eigenvalue weighted by Gasteiger charge is -2.12. The van der Waals surface area contributed by atoms with Gasteiger partial charge >= 0.3 is 0 Å². The molecular formula is C12H13ClFN3. The van der Waals surface area contributed by atoms with Crippen LogP contribution in [-0.2, 0) is 0 Å². The number of benzene rings is 1. The molecule has 1 N–H and O–H groups in total. The Hall–Kier alpha value is -1.55. The average Bonchev–Trinajstić information content (AvgIpc) is 2.63. The molecule has 2 rings (SSSR count). The molecule has 0 bridgehead atoms. The van der Waals surface area contributed by atoms with Crippen molar-refractivity contribution >= 4 is 23.2 Å². The first-order chi connectivity index (χ1) is 8.06. The smallest absolute Gasteiger partial charge is 0.207 e. The fourth-order valence-electron chi connectivity index (χ4n) is 1.58. The fraction of sp³-hybridized carbons (Fsp3) is 0.250. The summed E-state index contributed by atoms with van der Waals surface area (Å²) in [6, 6.07) is 4.58. The van der Waals surface area contributed by atoms with E-state index in [0.717, 1.165) is 0 Å². The van der Waals surface area contributed by atoms with Crippen LogP contribution in [0, 0.1) is 5.82 Å². The molecule has 0 aliphatic heterocycles. The summed E-state index contributed by atoms with van der Waals surface area (Å²) in [6.45, 7) is 4.09. The van der Waals surface area contributed by atoms with Gasteiger partial charge in [-0.3, -0.25) is 0 Å². The summed E-state index contributed by atoms with van der Waals surface area (Å²) in [5, 5.41) is 3.40. The van der Waals surface area contributed by atoms with E-state index in [1.807, 2.05) is 24.6 Å². The Balaban J connectivity index is 2.28. The van der Waals surface area contributed by atoms with Crippen LogP contribution >= 0.6 is 11.6 Å². The molecular weight excluding hydrogens is 241 g/mol. The van der Waals surface area contributed by atoms with Crippen LogP contribution in [-0.4, -0.2) is 9.55 Å². The Bertz CT molecular complexity index is 502. The third kappa shape index (κ3) is 2.77. The molecule has 0 saturated carbocycles. The molecule has 5 heteroatoms. The molecule has 1 aromatic heterocycles. The van der Waals surface area contributed by atoms with E-state index in [2.05, 4.69) is 10.3 Å². The minimum Gasteiger partial charge on any atom is -0.325 e. The van der Waals surface area contributed by atoms with Crippen molar-refractivity contribution in [1.29, 1.82) is 0 Å². The molecule has 0 fully saturated rings. The van der Waals surface area contributed by atoms with Crippen molar-refractivity contribution in [2.45, 2.75) is 19.9 Å². The molecule has 17 heavy (non-hydrogen) atoms. The molecule has 0 amide bonds. The van der Waals surface area contributed by atoms with Crippen LogP contribution in [0.3, 0.4) is 0 Å². The van der Waals surface area contributed by atoms with E-state index in [1.165, 1.54) is 12.1 Å². The second-order valence-electron chi connectivity index (χ2n) is 4.03. The predicted octanol–water partition coefficient (Wildman–Crippen LogP) is 4.00. The standard InChI is InChI=1S/C12H13ClFN3/c1-8(2)17-4-3-15-12(17)16-11-6-9(13)5-10(14)7-11/h3-8H,1-2H3,(H,15,16). The summed E-state index contributed by atoms with van der Waals surface area (Å²) in [5.74, 6) is 0.296. The van der Waals surface area contributed by atoms with E-state index in [0.29, 0.717) is 16.7 Å². The highest BCUT2D eigenvalue weighted by Gasteiger charge is 2.07. The first-order valence-corrected chi connectivity index (χ1v) is 5.70. The van der Waals surface area contributed by atoms with E-state index in [4.69, 9.17) is 11.6 Å². The zero-order valence-corrected chi connectivity index (χ0v) is 10.4. The molecule has 0 unspecified atom stereocenters. The third-order valence-corrected chi connectivity index (χ3v) is 2.56. The number of hydrogen-bond acceptors (Lipinski definition) is 2. The zero-order valence-electron chi connectivity index (χ0n) is 9.61. The van der Waals surface area contributed by atoms with Gasteiger partial charge in [0.25, 0.3) is 0 Å². The fourth-order valence-corrected chi connectivity index (χ4v) is 1.80. The second-order valence-corrected chi connectivity index (χ2v) is 4.47. The lowest BCUT2D eigenvalue weighted by Crippen LogP contribution is -2.05. The van der Waals surface area contributed by atoms with Gasteiger partial charge in [0.1, 0.15) is 5.82 Å². The molecule has 0 saturated heterocycles. The van der Waals surface area contributed by atoms with Crippen molar-refractivity contribution in [3.05, 3.63) is 41.4 Å². The Morgan fingerprint density at radius 1 is 1.35 bits per heavy atom. The van der Waals surface area contributed by atoms with Gasteiger partial charge < -0.3 is 9.88 Å². The van der Waals surface area contributed by atoms with Crippen LogP contribution in [0.15, 0.2) is 30.6 Å². The normalized spacial score (nSPS) is 10.9. The summed E-state index contributed by atoms with van der Waals surface area (Å²) in [5.41, 5.74) is 0.586. The van der Waals surface area contributed by atoms with E-state index >= 15 is 0 Å². The minimum atomic E-state index is -0.373. The van der Waals surface area contributed by atoms with Gasteiger partial charge in [-0.05, 0) is 32.0 Å². The van der Waals surface area contributed by atoms with Crippen molar-refractivity contribution in [1.82, 2.24) is 9.55 Å². The number of rotatable bonds is 3. The summed E-state index contributed by atoms with van der Waals surface area (Å²) >= 11 is 5.79. The minimum absolute atomic E-state index is 0.282. The maximum Gasteiger partial charge on any atom is 0.207 e. The first-order valence-electron chi connectivity index (χ1n) is 5.32. The lowest BCUT2D eigenvalue weighted by molar-refractivity contribution is 0.607. The number of imidazole rings is 1. The van der Waals surface area contributed by atoms with Crippen LogP contribution < -0.4 is 5.32 Å². The van der Waals surface area contributed by atoms with Gasteiger partial charge in [-0.1, -0.05) is 11.6 Å². The third-order valence-electron chi connectivity index (χ3n) is 2.34. The number of aromatic nitrogens is 2. The molecule has 0 aliphatic carbocycles. The van der Waals surface area contributed by atoms with E-state index in [-0.39, 0.29) is 11.9 Å². The summed E-state index contributed by atoms with van der Waals surface area (Å²) in [6.07, 6.45) is 3.57. The van der Waals surface area contributed by atoms with Crippen molar-refractivity contribution in [3.63, 3.8) is 0 Å². The molecule has 1 aromatic carbocycles. The van der Waals surface area contributed by atoms with Crippen molar-refractivity contribution in [3.8, 4) is 0 Å². The van der Waals surface area contributed by atoms with Crippen LogP contribution in [0.25, 0.3) is 0 Å². The summed E-state index contributed by atoms with van der Waals surface area (Å²) < 4.78 is 15.1. The molecule has 0 radical (unpaired) electrons. The Kier molecular flexibility index (Phi) is 3.33. The van der Waals surface area contributed by atoms with E-state index in [9.17, 15) is 4.39 Å². The molecule has 3 nitrogen and oxygen atoms in total. The number of nitrogens with one attached hydrogen (secondary N) is 1. The van der Waals surface area contributed by atoms with Gasteiger partial charge in [0, 0.05) is 29.1 Å². The van der Waals surface area contributed by atoms with Gasteiger partial charge in [0.05, 0.1) is 0 Å². The van der Waals surface area contributed by atoms with Crippen LogP contribution in [0.4, 0.5) is 16.0 Å². The predicted molar refractivity (Wildman–Crippen MR) is 67.3 cm³/mol. The van der Waals surface area contributed by atoms with Gasteiger partial charge in [-0.2, -0.15) is 0 Å². The Morgan fingerprint density at radius 3 is 2.76 bits per heavy atom. The highest BCUT2D eigenvalue weighted by atomic mass is 35.5. The SMILES string of the molecule is CC(C)n1ccnc1Nc1cc(F)cc(Cl)c1. The largest absolute Gasteiger partial charge is 0.325 e. The summed E-state index contributed by atoms with van der Waals surface area (Å²) in [4.78, 5) is 4.18. The van der Waals surface area contributed by atoms with Gasteiger partial charge in [0.15, 0.2) is 0 Å². The zero-order chi connectivity index (χ0) is 12.4. The maximum absolute atomic E-state index is 13.2. The highest BCUT2D eigenvalue weighted by Crippen LogP contribution is 2.22. The van der Waals surface area contributed by atoms with Crippen molar-refractivity contribution in [2.24, 2.45) is 0 Å². The lowest BCUT2D eigenvalue weighted by atomic mass is 10.3. The monoisotopic (exact) mass is 253 g/mol. The van der Waals surface area contributed by atoms with Crippen LogP contribution in [0.2, 0.25) is 5.02 Å². The van der Waals surface area contributed by atoms with Gasteiger partial charge in [-0.25, -0.2) is 9.37 Å². The van der Waals surface area contributed by atoms with Crippen molar-refractivity contribution < 1.29 is 4.39 Å². The molecule has 1 heterocycles. The topological polar surface area (TPSA) is 29.9 Å². The summed E-state index contributed by atoms with van der Waals surface area (Å²) in [7, 11) is 0. The highest BCUT2D eigenvalue weighted by molar-refractivity contribution is 6.30. The number of anilines is 2. The average molecular weight is 254 g/mol. The van der Waals surface area contributed by atoms with E-state index in [1.54, 1.807) is 12.3 Å². The van der Waals surface area contributed by atoms with Gasteiger partial charge in [-0.15, -0.1) is 0 Å². The van der Waals surface area contributed by atoms with Crippen LogP contribution in [0.1, 0.15) is 19.9 Å². The molecule has 90 valence electrons. The maximum atomic E-state index is 13.2. The molecule has 0 aliphatic rings. The van der Waals surface area contributed by atoms with Crippen molar-refractivity contribution in [2.75, 3.05) is 5.32 Å². The first kappa shape index (κ1) is 11.9. The number of hydrogen-bond donors (Lipinski definition) is 1. The quantitative estimate of drug-likeness (QED) is 0.896. The van der Waals surface area contributed by atoms with E-state index < -0.39 is 0 Å². The molecule has 0 atom stereocenters. The molecule has 2 aromatic rings. The Morgan fingerprint density at radius 2 is 2.12 bits per heavy atom. The van der Waals surface area contributed by atoms with Crippen LogP contribution in [0.5, 0.6) is 0 Å². The Labute approximate surface area is 104 Å².